The molecule has 3 N–H and O–H groups in total. The van der Waals surface area contributed by atoms with Crippen LogP contribution in [0.4, 0.5) is 0 Å². The van der Waals surface area contributed by atoms with Crippen LogP contribution in [0.3, 0.4) is 0 Å². The lowest BCUT2D eigenvalue weighted by Gasteiger charge is -2.21. The van der Waals surface area contributed by atoms with Crippen molar-refractivity contribution in [2.75, 3.05) is 39.6 Å². The first-order valence-corrected chi connectivity index (χ1v) is 39.7. The highest BCUT2D eigenvalue weighted by atomic mass is 31.2. The van der Waals surface area contributed by atoms with Crippen LogP contribution in [-0.4, -0.2) is 96.7 Å². The predicted molar refractivity (Wildman–Crippen MR) is 367 cm³/mol. The Hall–Kier alpha value is -2.46. The molecule has 0 saturated heterocycles. The van der Waals surface area contributed by atoms with Crippen LogP contribution in [-0.2, 0) is 65.4 Å². The Morgan fingerprint density at radius 3 is 0.890 bits per heavy atom. The zero-order chi connectivity index (χ0) is 67.3. The van der Waals surface area contributed by atoms with Crippen LogP contribution < -0.4 is 0 Å². The van der Waals surface area contributed by atoms with Gasteiger partial charge in [0.25, 0.3) is 0 Å². The van der Waals surface area contributed by atoms with E-state index in [4.69, 9.17) is 37.0 Å². The molecule has 0 spiro atoms. The average molecular weight is 1340 g/mol. The quantitative estimate of drug-likeness (QED) is 0.0169. The van der Waals surface area contributed by atoms with E-state index in [-0.39, 0.29) is 25.7 Å². The minimum Gasteiger partial charge on any atom is -0.462 e. The number of unbranched alkanes of at least 4 members (excludes halogenated alkanes) is 33. The molecule has 0 fully saturated rings. The lowest BCUT2D eigenvalue weighted by atomic mass is 10.0. The van der Waals surface area contributed by atoms with Gasteiger partial charge in [-0.15, -0.1) is 0 Å². The van der Waals surface area contributed by atoms with Gasteiger partial charge in [-0.25, -0.2) is 9.13 Å². The van der Waals surface area contributed by atoms with Gasteiger partial charge in [0.05, 0.1) is 26.4 Å². The van der Waals surface area contributed by atoms with Crippen molar-refractivity contribution in [3.63, 3.8) is 0 Å². The molecule has 0 rings (SSSR count). The van der Waals surface area contributed by atoms with Gasteiger partial charge in [0.1, 0.15) is 19.3 Å². The molecule has 0 aromatic heterocycles. The summed E-state index contributed by atoms with van der Waals surface area (Å²) in [5.74, 6) is 0.0534. The molecular weight excluding hydrogens is 1200 g/mol. The fourth-order valence-corrected chi connectivity index (χ4v) is 11.9. The normalized spacial score (nSPS) is 14.3. The Morgan fingerprint density at radius 2 is 0.593 bits per heavy atom. The zero-order valence-corrected chi connectivity index (χ0v) is 60.6. The fourth-order valence-electron chi connectivity index (χ4n) is 10.4. The first-order chi connectivity index (χ1) is 43.7. The van der Waals surface area contributed by atoms with E-state index >= 15 is 0 Å². The van der Waals surface area contributed by atoms with Crippen molar-refractivity contribution in [3.05, 3.63) is 24.3 Å². The van der Waals surface area contributed by atoms with Crippen LogP contribution >= 0.6 is 15.6 Å². The van der Waals surface area contributed by atoms with Gasteiger partial charge in [-0.05, 0) is 69.1 Å². The molecule has 0 bridgehead atoms. The summed E-state index contributed by atoms with van der Waals surface area (Å²) in [5, 5.41) is 10.6. The number of phosphoric ester groups is 2. The van der Waals surface area contributed by atoms with E-state index in [1.807, 2.05) is 0 Å². The Labute approximate surface area is 554 Å². The number of aliphatic hydroxyl groups is 1. The summed E-state index contributed by atoms with van der Waals surface area (Å²) in [6.45, 7) is 11.7. The molecule has 0 aromatic carbocycles. The van der Waals surface area contributed by atoms with Crippen molar-refractivity contribution in [2.45, 2.75) is 356 Å². The fraction of sp³-hybridized carbons (Fsp3) is 0.889. The number of esters is 4. The summed E-state index contributed by atoms with van der Waals surface area (Å²) in [5.41, 5.74) is 0. The van der Waals surface area contributed by atoms with E-state index in [0.717, 1.165) is 127 Å². The molecule has 0 aromatic rings. The standard InChI is InChI=1S/C72H136O17P2/c1-8-9-10-11-12-13-14-15-16-17-18-24-32-39-46-53-69(74)82-59-67(89-72(77)56-49-42-35-26-21-23-30-37-44-51-64(4)5)61-86-90(78,79)84-57-66(73)58-85-91(80,81)87-62-68(60-83-70(75)54-47-40-33-28-27-31-38-45-52-65(6)7)88-71(76)55-48-41-34-25-20-19-22-29-36-43-50-63(2)3/h13-16,63-68,73H,8-12,17-62H2,1-7H3,(H,78,79)(H,80,81)/b14-13-,16-15-/t66?,67-,68-/m1/s1. The van der Waals surface area contributed by atoms with Crippen molar-refractivity contribution in [3.8, 4) is 0 Å². The number of rotatable bonds is 68. The number of hydrogen-bond acceptors (Lipinski definition) is 15. The Morgan fingerprint density at radius 1 is 0.341 bits per heavy atom. The third-order valence-corrected chi connectivity index (χ3v) is 17.9. The van der Waals surface area contributed by atoms with Gasteiger partial charge in [0.15, 0.2) is 12.2 Å². The molecule has 0 saturated carbocycles. The third kappa shape index (κ3) is 66.0. The first kappa shape index (κ1) is 88.5. The minimum atomic E-state index is -4.96. The lowest BCUT2D eigenvalue weighted by Crippen LogP contribution is -2.30. The number of phosphoric acid groups is 2. The molecular formula is C72H136O17P2. The summed E-state index contributed by atoms with van der Waals surface area (Å²) < 4.78 is 68.3. The molecule has 0 aliphatic rings. The van der Waals surface area contributed by atoms with E-state index in [9.17, 15) is 43.2 Å². The number of aliphatic hydroxyl groups excluding tert-OH is 1. The van der Waals surface area contributed by atoms with Crippen LogP contribution in [0.2, 0.25) is 0 Å². The van der Waals surface area contributed by atoms with Gasteiger partial charge in [0, 0.05) is 25.7 Å². The highest BCUT2D eigenvalue weighted by Crippen LogP contribution is 2.45. The summed E-state index contributed by atoms with van der Waals surface area (Å²) in [4.78, 5) is 72.6. The zero-order valence-electron chi connectivity index (χ0n) is 58.8. The smallest absolute Gasteiger partial charge is 0.462 e. The van der Waals surface area contributed by atoms with Crippen molar-refractivity contribution in [2.24, 2.45) is 17.8 Å². The first-order valence-electron chi connectivity index (χ1n) is 36.7. The number of hydrogen-bond donors (Lipinski definition) is 3. The average Bonchev–Trinajstić information content (AvgIpc) is 3.48. The number of carbonyl (C=O) groups excluding carboxylic acids is 4. The van der Waals surface area contributed by atoms with Crippen LogP contribution in [0.1, 0.15) is 337 Å². The number of allylic oxidation sites excluding steroid dienone is 4. The maximum atomic E-state index is 13.0. The maximum absolute atomic E-state index is 13.0. The second-order valence-corrected chi connectivity index (χ2v) is 29.6. The second-order valence-electron chi connectivity index (χ2n) is 26.7. The molecule has 0 aliphatic carbocycles. The van der Waals surface area contributed by atoms with Gasteiger partial charge < -0.3 is 33.8 Å². The van der Waals surface area contributed by atoms with Crippen molar-refractivity contribution < 1.29 is 80.2 Å². The monoisotopic (exact) mass is 1330 g/mol. The predicted octanol–water partition coefficient (Wildman–Crippen LogP) is 20.2. The molecule has 3 unspecified atom stereocenters. The van der Waals surface area contributed by atoms with Gasteiger partial charge >= 0.3 is 39.5 Å². The molecule has 91 heavy (non-hydrogen) atoms. The molecule has 0 amide bonds. The van der Waals surface area contributed by atoms with Crippen LogP contribution in [0.15, 0.2) is 24.3 Å². The molecule has 0 heterocycles. The largest absolute Gasteiger partial charge is 0.472 e. The molecule has 0 aliphatic heterocycles. The highest BCUT2D eigenvalue weighted by Gasteiger charge is 2.30. The van der Waals surface area contributed by atoms with E-state index in [0.29, 0.717) is 25.7 Å². The Kier molecular flexibility index (Phi) is 60.7. The van der Waals surface area contributed by atoms with Crippen molar-refractivity contribution >= 4 is 39.5 Å². The summed E-state index contributed by atoms with van der Waals surface area (Å²) >= 11 is 0. The van der Waals surface area contributed by atoms with E-state index in [1.54, 1.807) is 0 Å². The van der Waals surface area contributed by atoms with Gasteiger partial charge in [-0.1, -0.05) is 285 Å². The van der Waals surface area contributed by atoms with Crippen LogP contribution in [0.5, 0.6) is 0 Å². The molecule has 5 atom stereocenters. The van der Waals surface area contributed by atoms with E-state index in [1.165, 1.54) is 128 Å². The third-order valence-electron chi connectivity index (χ3n) is 16.0. The van der Waals surface area contributed by atoms with Gasteiger partial charge in [-0.3, -0.25) is 37.3 Å². The summed E-state index contributed by atoms with van der Waals surface area (Å²) in [7, 11) is -9.92. The summed E-state index contributed by atoms with van der Waals surface area (Å²) in [6.07, 6.45) is 49.4. The maximum Gasteiger partial charge on any atom is 0.472 e. The molecule has 17 nitrogen and oxygen atoms in total. The van der Waals surface area contributed by atoms with E-state index in [2.05, 4.69) is 72.8 Å². The lowest BCUT2D eigenvalue weighted by molar-refractivity contribution is -0.161. The molecule has 0 radical (unpaired) electrons. The molecule has 536 valence electrons. The number of carbonyl (C=O) groups is 4. The molecule has 19 heteroatoms. The van der Waals surface area contributed by atoms with Crippen molar-refractivity contribution in [1.82, 2.24) is 0 Å². The highest BCUT2D eigenvalue weighted by molar-refractivity contribution is 7.47. The minimum absolute atomic E-state index is 0.0980. The van der Waals surface area contributed by atoms with E-state index < -0.39 is 97.5 Å². The van der Waals surface area contributed by atoms with Gasteiger partial charge in [-0.2, -0.15) is 0 Å². The Bertz CT molecular complexity index is 1880. The number of ether oxygens (including phenoxy) is 4. The SMILES string of the molecule is CCCCCC/C=C\C=C/CCCCCCCC(=O)OC[C@H](COP(=O)(O)OCC(O)COP(=O)(O)OC[C@@H](COC(=O)CCCCCCCCCCC(C)C)OC(=O)CCCCCCCCCCCCC(C)C)OC(=O)CCCCCCCCCCCC(C)C. The summed E-state index contributed by atoms with van der Waals surface area (Å²) in [6, 6.07) is 0. The van der Waals surface area contributed by atoms with Gasteiger partial charge in [0.2, 0.25) is 0 Å². The van der Waals surface area contributed by atoms with Crippen molar-refractivity contribution in [1.29, 1.82) is 0 Å². The van der Waals surface area contributed by atoms with Crippen LogP contribution in [0, 0.1) is 17.8 Å². The second kappa shape index (κ2) is 62.4. The topological polar surface area (TPSA) is 237 Å². The Balaban J connectivity index is 5.29. The van der Waals surface area contributed by atoms with Crippen LogP contribution in [0.25, 0.3) is 0 Å².